The van der Waals surface area contributed by atoms with E-state index in [1.807, 2.05) is 0 Å². The Labute approximate surface area is 97.5 Å². The number of hydrogen-bond acceptors (Lipinski definition) is 5. The van der Waals surface area contributed by atoms with E-state index in [1.54, 1.807) is 0 Å². The Morgan fingerprint density at radius 3 is 3.12 bits per heavy atom. The first kappa shape index (κ1) is 12.4. The van der Waals surface area contributed by atoms with Crippen LogP contribution in [0.2, 0.25) is 0 Å². The molecule has 1 saturated heterocycles. The van der Waals surface area contributed by atoms with Gasteiger partial charge in [0.15, 0.2) is 5.82 Å². The Morgan fingerprint density at radius 1 is 1.53 bits per heavy atom. The first-order chi connectivity index (χ1) is 8.25. The van der Waals surface area contributed by atoms with Crippen LogP contribution < -0.4 is 5.32 Å². The Hall–Kier alpha value is -1.08. The van der Waals surface area contributed by atoms with E-state index in [0.717, 1.165) is 19.4 Å². The van der Waals surface area contributed by atoms with Gasteiger partial charge in [-0.05, 0) is 19.4 Å². The molecule has 2 rings (SSSR count). The third kappa shape index (κ3) is 3.71. The van der Waals surface area contributed by atoms with Crippen molar-refractivity contribution in [2.75, 3.05) is 19.8 Å². The van der Waals surface area contributed by atoms with Crippen LogP contribution in [0.4, 0.5) is 8.78 Å². The molecule has 0 bridgehead atoms. The fourth-order valence-corrected chi connectivity index (χ4v) is 1.74. The molecule has 0 saturated carbocycles. The second-order valence-corrected chi connectivity index (χ2v) is 3.91. The van der Waals surface area contributed by atoms with Crippen molar-refractivity contribution >= 4 is 0 Å². The Bertz CT molecular complexity index is 340. The van der Waals surface area contributed by atoms with Gasteiger partial charge in [0.2, 0.25) is 5.89 Å². The molecule has 1 fully saturated rings. The molecular weight excluding hydrogens is 232 g/mol. The second kappa shape index (κ2) is 6.02. The third-order valence-corrected chi connectivity index (χ3v) is 2.56. The van der Waals surface area contributed by atoms with Gasteiger partial charge in [-0.2, -0.15) is 4.98 Å². The van der Waals surface area contributed by atoms with Crippen LogP contribution >= 0.6 is 0 Å². The van der Waals surface area contributed by atoms with Gasteiger partial charge in [0.1, 0.15) is 6.61 Å². The fraction of sp³-hybridized carbons (Fsp3) is 0.800. The molecule has 1 N–H and O–H groups in total. The highest BCUT2D eigenvalue weighted by molar-refractivity contribution is 4.95. The molecule has 1 aliphatic rings. The molecule has 17 heavy (non-hydrogen) atoms. The Morgan fingerprint density at radius 2 is 2.41 bits per heavy atom. The molecule has 0 spiro atoms. The highest BCUT2D eigenvalue weighted by atomic mass is 19.3. The highest BCUT2D eigenvalue weighted by Crippen LogP contribution is 2.20. The summed E-state index contributed by atoms with van der Waals surface area (Å²) in [6, 6.07) is 0.137. The van der Waals surface area contributed by atoms with E-state index in [2.05, 4.69) is 15.5 Å². The zero-order valence-electron chi connectivity index (χ0n) is 9.36. The SMILES string of the molecule is FC(F)COCCc1noc(C2CCCN2)n1. The number of halogens is 2. The smallest absolute Gasteiger partial charge is 0.261 e. The van der Waals surface area contributed by atoms with Crippen molar-refractivity contribution in [3.8, 4) is 0 Å². The van der Waals surface area contributed by atoms with Crippen molar-refractivity contribution in [3.05, 3.63) is 11.7 Å². The lowest BCUT2D eigenvalue weighted by Gasteiger charge is -2.01. The number of ether oxygens (including phenoxy) is 1. The average molecular weight is 247 g/mol. The molecule has 0 radical (unpaired) electrons. The predicted molar refractivity (Wildman–Crippen MR) is 54.8 cm³/mol. The van der Waals surface area contributed by atoms with Gasteiger partial charge in [0.25, 0.3) is 6.43 Å². The summed E-state index contributed by atoms with van der Waals surface area (Å²) in [5, 5.41) is 7.03. The van der Waals surface area contributed by atoms with Crippen molar-refractivity contribution in [2.45, 2.75) is 31.7 Å². The summed E-state index contributed by atoms with van der Waals surface area (Å²) < 4.78 is 33.4. The van der Waals surface area contributed by atoms with Crippen LogP contribution in [0, 0.1) is 0 Å². The summed E-state index contributed by atoms with van der Waals surface area (Å²) >= 11 is 0. The van der Waals surface area contributed by atoms with E-state index < -0.39 is 13.0 Å². The van der Waals surface area contributed by atoms with Gasteiger partial charge in [-0.15, -0.1) is 0 Å². The van der Waals surface area contributed by atoms with Crippen LogP contribution in [-0.2, 0) is 11.2 Å². The standard InChI is InChI=1S/C10H15F2N3O2/c11-8(12)6-16-5-3-9-14-10(17-15-9)7-2-1-4-13-7/h7-8,13H,1-6H2. The minimum absolute atomic E-state index is 0.137. The number of hydrogen-bond donors (Lipinski definition) is 1. The Balaban J connectivity index is 1.74. The summed E-state index contributed by atoms with van der Waals surface area (Å²) in [7, 11) is 0. The highest BCUT2D eigenvalue weighted by Gasteiger charge is 2.22. The van der Waals surface area contributed by atoms with E-state index in [-0.39, 0.29) is 12.6 Å². The molecule has 5 nitrogen and oxygen atoms in total. The minimum Gasteiger partial charge on any atom is -0.375 e. The zero-order valence-corrected chi connectivity index (χ0v) is 9.36. The number of aromatic nitrogens is 2. The van der Waals surface area contributed by atoms with E-state index in [1.165, 1.54) is 0 Å². The lowest BCUT2D eigenvalue weighted by atomic mass is 10.2. The molecule has 7 heteroatoms. The molecule has 0 aromatic carbocycles. The lowest BCUT2D eigenvalue weighted by Crippen LogP contribution is -2.13. The average Bonchev–Trinajstić information content (AvgIpc) is 2.94. The van der Waals surface area contributed by atoms with E-state index in [9.17, 15) is 8.78 Å². The van der Waals surface area contributed by atoms with Crippen LogP contribution in [0.5, 0.6) is 0 Å². The van der Waals surface area contributed by atoms with Crippen molar-refractivity contribution < 1.29 is 18.0 Å². The number of rotatable bonds is 6. The van der Waals surface area contributed by atoms with Crippen molar-refractivity contribution in [3.63, 3.8) is 0 Å². The zero-order chi connectivity index (χ0) is 12.1. The van der Waals surface area contributed by atoms with Crippen LogP contribution in [0.15, 0.2) is 4.52 Å². The molecule has 1 aliphatic heterocycles. The maximum absolute atomic E-state index is 11.8. The molecule has 0 amide bonds. The van der Waals surface area contributed by atoms with E-state index >= 15 is 0 Å². The first-order valence-corrected chi connectivity index (χ1v) is 5.67. The topological polar surface area (TPSA) is 60.2 Å². The molecule has 1 aromatic heterocycles. The molecule has 2 heterocycles. The Kier molecular flexibility index (Phi) is 4.38. The van der Waals surface area contributed by atoms with Crippen LogP contribution in [0.1, 0.15) is 30.6 Å². The maximum atomic E-state index is 11.8. The second-order valence-electron chi connectivity index (χ2n) is 3.91. The maximum Gasteiger partial charge on any atom is 0.261 e. The third-order valence-electron chi connectivity index (χ3n) is 2.56. The van der Waals surface area contributed by atoms with Gasteiger partial charge in [-0.1, -0.05) is 5.16 Å². The van der Waals surface area contributed by atoms with Crippen molar-refractivity contribution in [1.29, 1.82) is 0 Å². The minimum atomic E-state index is -2.43. The summed E-state index contributed by atoms with van der Waals surface area (Å²) in [6.07, 6.45) is 0.0466. The van der Waals surface area contributed by atoms with Crippen molar-refractivity contribution in [1.82, 2.24) is 15.5 Å². The van der Waals surface area contributed by atoms with Crippen molar-refractivity contribution in [2.24, 2.45) is 0 Å². The summed E-state index contributed by atoms with van der Waals surface area (Å²) in [4.78, 5) is 4.20. The van der Waals surface area contributed by atoms with Gasteiger partial charge in [0.05, 0.1) is 12.6 Å². The van der Waals surface area contributed by atoms with Crippen LogP contribution in [0.25, 0.3) is 0 Å². The molecule has 96 valence electrons. The molecule has 1 atom stereocenters. The van der Waals surface area contributed by atoms with E-state index in [0.29, 0.717) is 18.1 Å². The van der Waals surface area contributed by atoms with Gasteiger partial charge in [0, 0.05) is 6.42 Å². The van der Waals surface area contributed by atoms with Gasteiger partial charge in [-0.25, -0.2) is 8.78 Å². The number of alkyl halides is 2. The fourth-order valence-electron chi connectivity index (χ4n) is 1.74. The van der Waals surface area contributed by atoms with Crippen LogP contribution in [-0.4, -0.2) is 36.3 Å². The monoisotopic (exact) mass is 247 g/mol. The quantitative estimate of drug-likeness (QED) is 0.768. The summed E-state index contributed by atoms with van der Waals surface area (Å²) in [5.41, 5.74) is 0. The summed E-state index contributed by atoms with van der Waals surface area (Å²) in [5.74, 6) is 1.08. The molecular formula is C10H15F2N3O2. The molecule has 0 aliphatic carbocycles. The van der Waals surface area contributed by atoms with Gasteiger partial charge < -0.3 is 14.6 Å². The molecule has 1 aromatic rings. The largest absolute Gasteiger partial charge is 0.375 e. The molecule has 1 unspecified atom stereocenters. The summed E-state index contributed by atoms with van der Waals surface area (Å²) in [6.45, 7) is 0.593. The van der Waals surface area contributed by atoms with Crippen LogP contribution in [0.3, 0.4) is 0 Å². The number of nitrogens with one attached hydrogen (secondary N) is 1. The first-order valence-electron chi connectivity index (χ1n) is 5.67. The normalized spacial score (nSPS) is 20.3. The lowest BCUT2D eigenvalue weighted by molar-refractivity contribution is 0.0182. The van der Waals surface area contributed by atoms with E-state index in [4.69, 9.17) is 9.26 Å². The number of nitrogens with zero attached hydrogens (tertiary/aromatic N) is 2. The van der Waals surface area contributed by atoms with Gasteiger partial charge >= 0.3 is 0 Å². The van der Waals surface area contributed by atoms with Gasteiger partial charge in [-0.3, -0.25) is 0 Å². The predicted octanol–water partition coefficient (Wildman–Crippen LogP) is 1.32.